The molecule has 2 atom stereocenters. The largest absolute Gasteiger partial charge is 0.462 e. The molecule has 2 aromatic rings. The van der Waals surface area contributed by atoms with Crippen molar-refractivity contribution in [1.29, 1.82) is 5.41 Å². The van der Waals surface area contributed by atoms with Crippen LogP contribution >= 0.6 is 0 Å². The number of rotatable bonds is 7. The number of amidine groups is 1. The Labute approximate surface area is 193 Å². The molecule has 1 saturated carbocycles. The fourth-order valence-corrected chi connectivity index (χ4v) is 4.58. The van der Waals surface area contributed by atoms with Crippen LogP contribution in [0.2, 0.25) is 0 Å². The van der Waals surface area contributed by atoms with Gasteiger partial charge in [-0.15, -0.1) is 0 Å². The zero-order valence-electron chi connectivity index (χ0n) is 18.5. The van der Waals surface area contributed by atoms with Gasteiger partial charge in [-0.2, -0.15) is 0 Å². The van der Waals surface area contributed by atoms with Crippen LogP contribution in [-0.4, -0.2) is 35.6 Å². The number of hydrogen-bond acceptors (Lipinski definition) is 5. The smallest absolute Gasteiger partial charge is 0.306 e. The van der Waals surface area contributed by atoms with Crippen molar-refractivity contribution in [2.45, 2.75) is 57.1 Å². The van der Waals surface area contributed by atoms with E-state index >= 15 is 0 Å². The number of carbonyl (C=O) groups excluding carboxylic acids is 3. The summed E-state index contributed by atoms with van der Waals surface area (Å²) in [5.41, 5.74) is 8.54. The zero-order chi connectivity index (χ0) is 23.4. The summed E-state index contributed by atoms with van der Waals surface area (Å²) in [5.74, 6) is -1.30. The molecule has 2 fully saturated rings. The van der Waals surface area contributed by atoms with Gasteiger partial charge in [-0.3, -0.25) is 19.8 Å². The Morgan fingerprint density at radius 2 is 1.52 bits per heavy atom. The number of hydrogen-bond donors (Lipinski definition) is 3. The third-order valence-corrected chi connectivity index (χ3v) is 6.49. The predicted octanol–water partition coefficient (Wildman–Crippen LogP) is 3.59. The molecule has 0 spiro atoms. The van der Waals surface area contributed by atoms with Crippen molar-refractivity contribution in [2.24, 2.45) is 11.7 Å². The second-order valence-corrected chi connectivity index (χ2v) is 8.88. The predicted molar refractivity (Wildman–Crippen MR) is 125 cm³/mol. The van der Waals surface area contributed by atoms with E-state index in [0.717, 1.165) is 36.8 Å². The summed E-state index contributed by atoms with van der Waals surface area (Å²) >= 11 is 0. The summed E-state index contributed by atoms with van der Waals surface area (Å²) in [4.78, 5) is 37.6. The maximum absolute atomic E-state index is 12.9. The van der Waals surface area contributed by atoms with Gasteiger partial charge >= 0.3 is 5.97 Å². The van der Waals surface area contributed by atoms with E-state index < -0.39 is 12.0 Å². The van der Waals surface area contributed by atoms with E-state index in [0.29, 0.717) is 17.5 Å². The summed E-state index contributed by atoms with van der Waals surface area (Å²) < 4.78 is 5.54. The second kappa shape index (κ2) is 9.98. The van der Waals surface area contributed by atoms with E-state index in [1.54, 1.807) is 24.3 Å². The number of nitrogen functional groups attached to an aromatic ring is 1. The van der Waals surface area contributed by atoms with Crippen molar-refractivity contribution in [2.75, 3.05) is 0 Å². The molecular formula is C26H29N3O4. The molecule has 1 saturated heterocycles. The molecule has 1 amide bonds. The number of benzene rings is 2. The topological polar surface area (TPSA) is 122 Å². The van der Waals surface area contributed by atoms with Gasteiger partial charge in [0.25, 0.3) is 0 Å². The number of esters is 1. The molecule has 4 rings (SSSR count). The van der Waals surface area contributed by atoms with Crippen LogP contribution < -0.4 is 11.1 Å². The van der Waals surface area contributed by atoms with Crippen LogP contribution in [0.15, 0.2) is 48.5 Å². The first kappa shape index (κ1) is 22.7. The van der Waals surface area contributed by atoms with Crippen LogP contribution in [0, 0.1) is 11.3 Å². The average molecular weight is 448 g/mol. The van der Waals surface area contributed by atoms with Crippen molar-refractivity contribution in [3.05, 3.63) is 59.7 Å². The van der Waals surface area contributed by atoms with E-state index in [9.17, 15) is 14.4 Å². The molecule has 1 aliphatic heterocycles. The molecule has 0 unspecified atom stereocenters. The molecule has 1 heterocycles. The van der Waals surface area contributed by atoms with Crippen molar-refractivity contribution >= 4 is 23.5 Å². The Morgan fingerprint density at radius 3 is 2.09 bits per heavy atom. The highest BCUT2D eigenvalue weighted by atomic mass is 16.5. The van der Waals surface area contributed by atoms with Crippen LogP contribution in [0.25, 0.3) is 11.1 Å². The Hall–Kier alpha value is -3.48. The maximum Gasteiger partial charge on any atom is 0.306 e. The molecule has 4 N–H and O–H groups in total. The van der Waals surface area contributed by atoms with Gasteiger partial charge in [-0.1, -0.05) is 55.0 Å². The van der Waals surface area contributed by atoms with Crippen molar-refractivity contribution in [1.82, 2.24) is 5.32 Å². The van der Waals surface area contributed by atoms with Crippen LogP contribution in [0.5, 0.6) is 0 Å². The lowest BCUT2D eigenvalue weighted by molar-refractivity contribution is -0.152. The van der Waals surface area contributed by atoms with Gasteiger partial charge in [0.2, 0.25) is 5.91 Å². The SMILES string of the molecule is N=C(N)c1ccc(-c2ccc(C(=O)[C@@H]3C[C@@H](CC(=O)OC4CCCCC4)C(=O)N3)cc2)cc1. The van der Waals surface area contributed by atoms with Gasteiger partial charge in [0, 0.05) is 11.1 Å². The Bertz CT molecular complexity index is 1040. The van der Waals surface area contributed by atoms with Crippen molar-refractivity contribution in [3.63, 3.8) is 0 Å². The Balaban J connectivity index is 1.34. The summed E-state index contributed by atoms with van der Waals surface area (Å²) in [6, 6.07) is 13.9. The van der Waals surface area contributed by atoms with Gasteiger partial charge in [-0.25, -0.2) is 0 Å². The maximum atomic E-state index is 12.9. The minimum Gasteiger partial charge on any atom is -0.462 e. The van der Waals surface area contributed by atoms with Crippen LogP contribution in [0.3, 0.4) is 0 Å². The van der Waals surface area contributed by atoms with E-state index in [1.807, 2.05) is 24.3 Å². The van der Waals surface area contributed by atoms with Crippen LogP contribution in [0.4, 0.5) is 0 Å². The quantitative estimate of drug-likeness (QED) is 0.259. The number of nitrogens with one attached hydrogen (secondary N) is 2. The number of Topliss-reactive ketones (excluding diaryl/α,β-unsaturated/α-hetero) is 1. The van der Waals surface area contributed by atoms with E-state index in [4.69, 9.17) is 15.9 Å². The minimum absolute atomic E-state index is 0.0152. The number of ketones is 1. The highest BCUT2D eigenvalue weighted by molar-refractivity contribution is 6.04. The second-order valence-electron chi connectivity index (χ2n) is 8.88. The highest BCUT2D eigenvalue weighted by Gasteiger charge is 2.38. The fourth-order valence-electron chi connectivity index (χ4n) is 4.58. The minimum atomic E-state index is -0.634. The molecule has 2 aliphatic rings. The highest BCUT2D eigenvalue weighted by Crippen LogP contribution is 2.26. The monoisotopic (exact) mass is 447 g/mol. The molecule has 7 nitrogen and oxygen atoms in total. The lowest BCUT2D eigenvalue weighted by atomic mass is 9.95. The number of amides is 1. The molecular weight excluding hydrogens is 418 g/mol. The van der Waals surface area contributed by atoms with Crippen molar-refractivity contribution < 1.29 is 19.1 Å². The molecule has 172 valence electrons. The van der Waals surface area contributed by atoms with Gasteiger partial charge in [0.1, 0.15) is 11.9 Å². The van der Waals surface area contributed by atoms with E-state index in [2.05, 4.69) is 5.32 Å². The van der Waals surface area contributed by atoms with Gasteiger partial charge < -0.3 is 15.8 Å². The summed E-state index contributed by atoms with van der Waals surface area (Å²) in [6.07, 6.45) is 5.37. The first-order chi connectivity index (χ1) is 15.9. The zero-order valence-corrected chi connectivity index (χ0v) is 18.5. The van der Waals surface area contributed by atoms with E-state index in [1.165, 1.54) is 6.42 Å². The molecule has 1 aliphatic carbocycles. The normalized spacial score (nSPS) is 20.8. The van der Waals surface area contributed by atoms with Crippen LogP contribution in [0.1, 0.15) is 60.9 Å². The van der Waals surface area contributed by atoms with Gasteiger partial charge in [-0.05, 0) is 43.2 Å². The van der Waals surface area contributed by atoms with Crippen molar-refractivity contribution in [3.8, 4) is 11.1 Å². The lowest BCUT2D eigenvalue weighted by Crippen LogP contribution is -2.33. The molecule has 0 radical (unpaired) electrons. The molecule has 0 bridgehead atoms. The molecule has 0 aromatic heterocycles. The first-order valence-electron chi connectivity index (χ1n) is 11.5. The summed E-state index contributed by atoms with van der Waals surface area (Å²) in [5, 5.41) is 10.2. The number of carbonyl (C=O) groups is 3. The third kappa shape index (κ3) is 5.48. The van der Waals surface area contributed by atoms with E-state index in [-0.39, 0.29) is 36.0 Å². The number of nitrogens with two attached hydrogens (primary N) is 1. The van der Waals surface area contributed by atoms with Crippen LogP contribution in [-0.2, 0) is 14.3 Å². The standard InChI is InChI=1S/C26H29N3O4/c27-25(28)19-12-8-17(9-13-19)16-6-10-18(11-7-16)24(31)22-14-20(26(32)29-22)15-23(30)33-21-4-2-1-3-5-21/h6-13,20-22H,1-5,14-15H2,(H3,27,28)(H,29,32)/t20-,22-/m0/s1. The molecule has 33 heavy (non-hydrogen) atoms. The molecule has 7 heteroatoms. The van der Waals surface area contributed by atoms with Gasteiger partial charge in [0.05, 0.1) is 18.4 Å². The number of ether oxygens (including phenoxy) is 1. The Morgan fingerprint density at radius 1 is 0.939 bits per heavy atom. The lowest BCUT2D eigenvalue weighted by Gasteiger charge is -2.22. The summed E-state index contributed by atoms with van der Waals surface area (Å²) in [7, 11) is 0. The third-order valence-electron chi connectivity index (χ3n) is 6.49. The average Bonchev–Trinajstić information content (AvgIpc) is 3.19. The van der Waals surface area contributed by atoms with Gasteiger partial charge in [0.15, 0.2) is 5.78 Å². The Kier molecular flexibility index (Phi) is 6.87. The fraction of sp³-hybridized carbons (Fsp3) is 0.385. The first-order valence-corrected chi connectivity index (χ1v) is 11.5. The summed E-state index contributed by atoms with van der Waals surface area (Å²) in [6.45, 7) is 0. The molecule has 2 aromatic carbocycles.